The van der Waals surface area contributed by atoms with E-state index in [1.807, 2.05) is 24.3 Å². The van der Waals surface area contributed by atoms with Crippen LogP contribution < -0.4 is 5.32 Å². The average molecular weight is 279 g/mol. The smallest absolute Gasteiger partial charge is 0.161 e. The molecule has 20 heavy (non-hydrogen) atoms. The molecule has 2 aromatic carbocycles. The van der Waals surface area contributed by atoms with Gasteiger partial charge in [-0.15, -0.1) is 0 Å². The molecular weight excluding hydrogens is 263 g/mol. The lowest BCUT2D eigenvalue weighted by molar-refractivity contribution is 0.496. The topological polar surface area (TPSA) is 12.0 Å². The van der Waals surface area contributed by atoms with Crippen molar-refractivity contribution in [2.45, 2.75) is 26.3 Å². The lowest BCUT2D eigenvalue weighted by Crippen LogP contribution is -2.03. The van der Waals surface area contributed by atoms with Crippen LogP contribution >= 0.6 is 0 Å². The predicted molar refractivity (Wildman–Crippen MR) is 74.2 cm³/mol. The fraction of sp³-hybridized carbons (Fsp3) is 0.250. The Morgan fingerprint density at radius 1 is 0.900 bits per heavy atom. The molecule has 4 heteroatoms. The molecule has 1 N–H and O–H groups in total. The van der Waals surface area contributed by atoms with E-state index >= 15 is 0 Å². The fourth-order valence-electron chi connectivity index (χ4n) is 1.88. The third-order valence-corrected chi connectivity index (χ3v) is 3.14. The highest BCUT2D eigenvalue weighted by atomic mass is 19.2. The van der Waals surface area contributed by atoms with E-state index in [2.05, 4.69) is 19.2 Å². The number of hydrogen-bond acceptors (Lipinski definition) is 1. The van der Waals surface area contributed by atoms with Gasteiger partial charge in [-0.2, -0.15) is 0 Å². The van der Waals surface area contributed by atoms with E-state index in [0.717, 1.165) is 11.6 Å². The van der Waals surface area contributed by atoms with Crippen LogP contribution in [0.5, 0.6) is 0 Å². The van der Waals surface area contributed by atoms with Gasteiger partial charge in [-0.25, -0.2) is 13.2 Å². The van der Waals surface area contributed by atoms with Crippen molar-refractivity contribution < 1.29 is 13.2 Å². The Bertz CT molecular complexity index is 591. The minimum atomic E-state index is -1.19. The summed E-state index contributed by atoms with van der Waals surface area (Å²) in [5.74, 6) is -2.61. The van der Waals surface area contributed by atoms with Crippen LogP contribution in [0.4, 0.5) is 18.9 Å². The molecule has 0 fully saturated rings. The molecular formula is C16H16F3N. The van der Waals surface area contributed by atoms with Gasteiger partial charge in [-0.3, -0.25) is 0 Å². The Morgan fingerprint density at radius 2 is 1.50 bits per heavy atom. The Hall–Kier alpha value is -1.97. The monoisotopic (exact) mass is 279 g/mol. The summed E-state index contributed by atoms with van der Waals surface area (Å²) in [5.41, 5.74) is 2.11. The van der Waals surface area contributed by atoms with Gasteiger partial charge in [-0.1, -0.05) is 38.1 Å². The summed E-state index contributed by atoms with van der Waals surface area (Å²) < 4.78 is 39.3. The molecule has 0 radical (unpaired) electrons. The largest absolute Gasteiger partial charge is 0.379 e. The average Bonchev–Trinajstić information content (AvgIpc) is 2.42. The summed E-state index contributed by atoms with van der Waals surface area (Å²) in [6.45, 7) is 4.55. The maximum absolute atomic E-state index is 13.4. The lowest BCUT2D eigenvalue weighted by atomic mass is 10.0. The van der Waals surface area contributed by atoms with Gasteiger partial charge in [0.05, 0.1) is 5.69 Å². The van der Waals surface area contributed by atoms with Crippen LogP contribution in [0.15, 0.2) is 36.4 Å². The number of rotatable bonds is 4. The van der Waals surface area contributed by atoms with Crippen LogP contribution in [0.2, 0.25) is 0 Å². The third kappa shape index (κ3) is 3.32. The fourth-order valence-corrected chi connectivity index (χ4v) is 1.88. The Kier molecular flexibility index (Phi) is 4.32. The minimum Gasteiger partial charge on any atom is -0.379 e. The van der Waals surface area contributed by atoms with Gasteiger partial charge < -0.3 is 5.32 Å². The van der Waals surface area contributed by atoms with Crippen molar-refractivity contribution in [1.82, 2.24) is 0 Å². The van der Waals surface area contributed by atoms with E-state index in [4.69, 9.17) is 0 Å². The third-order valence-electron chi connectivity index (χ3n) is 3.14. The molecule has 1 nitrogen and oxygen atoms in total. The SMILES string of the molecule is CC(C)c1ccc(CNc2cc(F)c(F)cc2F)cc1. The molecule has 0 aliphatic heterocycles. The second-order valence-electron chi connectivity index (χ2n) is 5.00. The van der Waals surface area contributed by atoms with Crippen molar-refractivity contribution in [3.8, 4) is 0 Å². The zero-order valence-electron chi connectivity index (χ0n) is 11.4. The first-order valence-corrected chi connectivity index (χ1v) is 6.44. The second kappa shape index (κ2) is 5.99. The molecule has 0 aliphatic carbocycles. The summed E-state index contributed by atoms with van der Waals surface area (Å²) in [7, 11) is 0. The molecule has 0 aliphatic rings. The van der Waals surface area contributed by atoms with E-state index in [1.165, 1.54) is 5.56 Å². The van der Waals surface area contributed by atoms with E-state index in [0.29, 0.717) is 18.5 Å². The van der Waals surface area contributed by atoms with Gasteiger partial charge in [0.25, 0.3) is 0 Å². The van der Waals surface area contributed by atoms with Crippen molar-refractivity contribution in [2.75, 3.05) is 5.32 Å². The van der Waals surface area contributed by atoms with E-state index < -0.39 is 17.5 Å². The minimum absolute atomic E-state index is 0.0446. The first-order valence-electron chi connectivity index (χ1n) is 6.44. The molecule has 2 rings (SSSR count). The molecule has 0 saturated heterocycles. The summed E-state index contributed by atoms with van der Waals surface area (Å²) in [5, 5.41) is 2.76. The van der Waals surface area contributed by atoms with Crippen LogP contribution in [0, 0.1) is 17.5 Å². The quantitative estimate of drug-likeness (QED) is 0.790. The number of halogens is 3. The Labute approximate surface area is 116 Å². The van der Waals surface area contributed by atoms with Gasteiger partial charge >= 0.3 is 0 Å². The highest BCUT2D eigenvalue weighted by Gasteiger charge is 2.09. The molecule has 0 unspecified atom stereocenters. The van der Waals surface area contributed by atoms with E-state index in [1.54, 1.807) is 0 Å². The van der Waals surface area contributed by atoms with Crippen molar-refractivity contribution in [3.05, 3.63) is 65.0 Å². The van der Waals surface area contributed by atoms with Crippen LogP contribution in [0.3, 0.4) is 0 Å². The summed E-state index contributed by atoms with van der Waals surface area (Å²) in [6, 6.07) is 9.24. The first-order chi connectivity index (χ1) is 9.47. The molecule has 0 aromatic heterocycles. The number of anilines is 1. The summed E-state index contributed by atoms with van der Waals surface area (Å²) in [4.78, 5) is 0. The van der Waals surface area contributed by atoms with Crippen LogP contribution in [0.1, 0.15) is 30.9 Å². The molecule has 2 aromatic rings. The van der Waals surface area contributed by atoms with Crippen molar-refractivity contribution in [1.29, 1.82) is 0 Å². The van der Waals surface area contributed by atoms with E-state index in [-0.39, 0.29) is 5.69 Å². The molecule has 0 spiro atoms. The van der Waals surface area contributed by atoms with Crippen molar-refractivity contribution in [2.24, 2.45) is 0 Å². The zero-order chi connectivity index (χ0) is 14.7. The van der Waals surface area contributed by atoms with Gasteiger partial charge in [0, 0.05) is 18.7 Å². The highest BCUT2D eigenvalue weighted by molar-refractivity contribution is 5.46. The lowest BCUT2D eigenvalue weighted by Gasteiger charge is -2.10. The maximum atomic E-state index is 13.4. The number of nitrogens with one attached hydrogen (secondary N) is 1. The summed E-state index contributed by atoms with van der Waals surface area (Å²) >= 11 is 0. The normalized spacial score (nSPS) is 10.9. The molecule has 0 saturated carbocycles. The number of hydrogen-bond donors (Lipinski definition) is 1. The van der Waals surface area contributed by atoms with Crippen LogP contribution in [-0.2, 0) is 6.54 Å². The van der Waals surface area contributed by atoms with Gasteiger partial charge in [0.15, 0.2) is 11.6 Å². The zero-order valence-corrected chi connectivity index (χ0v) is 11.4. The van der Waals surface area contributed by atoms with Crippen LogP contribution in [-0.4, -0.2) is 0 Å². The first kappa shape index (κ1) is 14.4. The summed E-state index contributed by atoms with van der Waals surface area (Å²) in [6.07, 6.45) is 0. The maximum Gasteiger partial charge on any atom is 0.161 e. The molecule has 0 heterocycles. The molecule has 0 amide bonds. The predicted octanol–water partition coefficient (Wildman–Crippen LogP) is 4.84. The Balaban J connectivity index is 2.07. The van der Waals surface area contributed by atoms with Crippen molar-refractivity contribution in [3.63, 3.8) is 0 Å². The highest BCUT2D eigenvalue weighted by Crippen LogP contribution is 2.20. The standard InChI is InChI=1S/C16H16F3N/c1-10(2)12-5-3-11(4-6-12)9-20-16-8-14(18)13(17)7-15(16)19/h3-8,10,20H,9H2,1-2H3. The van der Waals surface area contributed by atoms with Gasteiger partial charge in [-0.05, 0) is 17.0 Å². The van der Waals surface area contributed by atoms with Gasteiger partial charge in [0.2, 0.25) is 0 Å². The Morgan fingerprint density at radius 3 is 2.10 bits per heavy atom. The number of benzene rings is 2. The second-order valence-corrected chi connectivity index (χ2v) is 5.00. The molecule has 106 valence electrons. The van der Waals surface area contributed by atoms with Crippen molar-refractivity contribution >= 4 is 5.69 Å². The van der Waals surface area contributed by atoms with Gasteiger partial charge in [0.1, 0.15) is 5.82 Å². The van der Waals surface area contributed by atoms with E-state index in [9.17, 15) is 13.2 Å². The molecule has 0 bridgehead atoms. The van der Waals surface area contributed by atoms with Crippen LogP contribution in [0.25, 0.3) is 0 Å². The molecule has 0 atom stereocenters.